The predicted octanol–water partition coefficient (Wildman–Crippen LogP) is 1.57. The third-order valence-electron chi connectivity index (χ3n) is 6.69. The average Bonchev–Trinajstić information content (AvgIpc) is 3.50. The van der Waals surface area contributed by atoms with Gasteiger partial charge in [0.15, 0.2) is 5.82 Å². The van der Waals surface area contributed by atoms with E-state index in [1.807, 2.05) is 13.8 Å². The summed E-state index contributed by atoms with van der Waals surface area (Å²) in [7, 11) is 5.45. The number of amides is 1. The van der Waals surface area contributed by atoms with Crippen molar-refractivity contribution in [1.82, 2.24) is 49.7 Å². The molecule has 1 aliphatic rings. The highest BCUT2D eigenvalue weighted by atomic mass is 16.5. The number of carbonyl (C=O) groups excluding carboxylic acids is 1. The van der Waals surface area contributed by atoms with E-state index < -0.39 is 0 Å². The zero-order valence-corrected chi connectivity index (χ0v) is 22.2. The molecule has 3 N–H and O–H groups in total. The third kappa shape index (κ3) is 4.99. The summed E-state index contributed by atoms with van der Waals surface area (Å²) in [6, 6.07) is -0.238. The molecule has 1 saturated heterocycles. The second-order valence-electron chi connectivity index (χ2n) is 9.35. The Bertz CT molecular complexity index is 1440. The van der Waals surface area contributed by atoms with Crippen LogP contribution in [0.4, 0.5) is 17.5 Å². The first-order chi connectivity index (χ1) is 18.4. The number of anilines is 3. The summed E-state index contributed by atoms with van der Waals surface area (Å²) >= 11 is 0. The van der Waals surface area contributed by atoms with E-state index in [-0.39, 0.29) is 11.9 Å². The first kappa shape index (κ1) is 25.5. The van der Waals surface area contributed by atoms with Crippen molar-refractivity contribution in [3.63, 3.8) is 0 Å². The van der Waals surface area contributed by atoms with Gasteiger partial charge in [-0.05, 0) is 26.0 Å². The van der Waals surface area contributed by atoms with E-state index in [0.29, 0.717) is 52.2 Å². The first-order valence-corrected chi connectivity index (χ1v) is 12.5. The molecular formula is C24H32N12O2. The number of likely N-dealkylation sites (N-methyl/N-ethyl adjacent to an activating group) is 1. The lowest BCUT2D eigenvalue weighted by Gasteiger charge is -2.36. The lowest BCUT2D eigenvalue weighted by atomic mass is 10.1. The van der Waals surface area contributed by atoms with Crippen LogP contribution >= 0.6 is 0 Å². The van der Waals surface area contributed by atoms with E-state index in [1.54, 1.807) is 31.2 Å². The molecule has 38 heavy (non-hydrogen) atoms. The number of nitrogens with zero attached hydrogens (tertiary/aromatic N) is 9. The molecule has 0 aromatic carbocycles. The van der Waals surface area contributed by atoms with E-state index in [2.05, 4.69) is 62.7 Å². The maximum absolute atomic E-state index is 13.3. The molecular weight excluding hydrogens is 488 g/mol. The number of hydrogen-bond donors (Lipinski definition) is 3. The lowest BCUT2D eigenvalue weighted by Crippen LogP contribution is -2.52. The zero-order chi connectivity index (χ0) is 26.8. The molecule has 1 aliphatic heterocycles. The number of aromatic amines is 1. The van der Waals surface area contributed by atoms with Gasteiger partial charge in [-0.2, -0.15) is 5.10 Å². The Balaban J connectivity index is 1.41. The average molecular weight is 521 g/mol. The van der Waals surface area contributed by atoms with Crippen molar-refractivity contribution in [1.29, 1.82) is 0 Å². The number of carbonyl (C=O) groups is 1. The maximum atomic E-state index is 13.3. The second-order valence-corrected chi connectivity index (χ2v) is 9.35. The summed E-state index contributed by atoms with van der Waals surface area (Å²) in [5, 5.41) is 17.9. The molecule has 1 fully saturated rings. The molecule has 1 atom stereocenters. The molecule has 14 heteroatoms. The van der Waals surface area contributed by atoms with E-state index in [1.165, 1.54) is 6.33 Å². The van der Waals surface area contributed by atoms with Crippen LogP contribution in [-0.2, 0) is 11.8 Å². The Morgan fingerprint density at radius 2 is 1.95 bits per heavy atom. The monoisotopic (exact) mass is 520 g/mol. The first-order valence-electron chi connectivity index (χ1n) is 12.5. The topological polar surface area (TPSA) is 155 Å². The van der Waals surface area contributed by atoms with Gasteiger partial charge in [-0.25, -0.2) is 19.9 Å². The Hall–Kier alpha value is -4.17. The van der Waals surface area contributed by atoms with Gasteiger partial charge >= 0.3 is 0 Å². The van der Waals surface area contributed by atoms with Gasteiger partial charge in [-0.1, -0.05) is 6.92 Å². The standard InChI is InChI=1S/C24H32N12O2/c1-6-16(36-9-7-34(3)8-10-36)22(37)30-21-20-18(26-13-27-21)19(31-32-20)17-14(2)11-25-24(29-17)28-15-12-35(4)33-23(15)38-5/h11-13,16H,6-10H2,1-5H3,(H,31,32)(H,25,28,29)(H,26,27,30,37). The van der Waals surface area contributed by atoms with E-state index in [4.69, 9.17) is 4.74 Å². The number of H-pyrrole nitrogens is 1. The van der Waals surface area contributed by atoms with Gasteiger partial charge in [-0.15, -0.1) is 5.10 Å². The molecule has 0 saturated carbocycles. The largest absolute Gasteiger partial charge is 0.478 e. The highest BCUT2D eigenvalue weighted by Crippen LogP contribution is 2.30. The van der Waals surface area contributed by atoms with Crippen molar-refractivity contribution in [2.45, 2.75) is 26.3 Å². The fraction of sp³-hybridized carbons (Fsp3) is 0.458. The van der Waals surface area contributed by atoms with Gasteiger partial charge in [0.1, 0.15) is 34.4 Å². The molecule has 1 unspecified atom stereocenters. The maximum Gasteiger partial charge on any atom is 0.256 e. The van der Waals surface area contributed by atoms with E-state index in [0.717, 1.165) is 31.7 Å². The van der Waals surface area contributed by atoms with Crippen molar-refractivity contribution in [2.75, 3.05) is 51.0 Å². The Labute approximate surface area is 219 Å². The number of nitrogens with one attached hydrogen (secondary N) is 3. The van der Waals surface area contributed by atoms with Crippen molar-refractivity contribution in [3.8, 4) is 17.3 Å². The van der Waals surface area contributed by atoms with Gasteiger partial charge in [-0.3, -0.25) is 19.5 Å². The quantitative estimate of drug-likeness (QED) is 0.310. The molecule has 200 valence electrons. The number of aromatic nitrogens is 8. The van der Waals surface area contributed by atoms with Crippen LogP contribution in [-0.4, -0.2) is 102 Å². The predicted molar refractivity (Wildman–Crippen MR) is 142 cm³/mol. The minimum atomic E-state index is -0.238. The number of ether oxygens (including phenoxy) is 1. The van der Waals surface area contributed by atoms with Crippen LogP contribution in [0.15, 0.2) is 18.7 Å². The minimum absolute atomic E-state index is 0.0941. The Morgan fingerprint density at radius 3 is 2.68 bits per heavy atom. The molecule has 0 spiro atoms. The minimum Gasteiger partial charge on any atom is -0.478 e. The third-order valence-corrected chi connectivity index (χ3v) is 6.69. The number of fused-ring (bicyclic) bond motifs is 1. The molecule has 5 rings (SSSR count). The van der Waals surface area contributed by atoms with Crippen LogP contribution in [0.1, 0.15) is 18.9 Å². The second kappa shape index (κ2) is 10.7. The molecule has 4 aromatic heterocycles. The number of methoxy groups -OCH3 is 1. The van der Waals surface area contributed by atoms with Crippen LogP contribution in [0.25, 0.3) is 22.4 Å². The number of rotatable bonds is 8. The van der Waals surface area contributed by atoms with Gasteiger partial charge in [0, 0.05) is 39.4 Å². The van der Waals surface area contributed by atoms with E-state index in [9.17, 15) is 4.79 Å². The molecule has 0 aliphatic carbocycles. The summed E-state index contributed by atoms with van der Waals surface area (Å²) in [6.07, 6.45) is 5.61. The molecule has 5 heterocycles. The fourth-order valence-corrected chi connectivity index (χ4v) is 4.61. The van der Waals surface area contributed by atoms with Gasteiger partial charge in [0.05, 0.1) is 19.3 Å². The normalized spacial score (nSPS) is 15.5. The van der Waals surface area contributed by atoms with E-state index >= 15 is 0 Å². The number of hydrogen-bond acceptors (Lipinski definition) is 11. The molecule has 1 amide bonds. The highest BCUT2D eigenvalue weighted by Gasteiger charge is 2.28. The number of aryl methyl sites for hydroxylation is 2. The van der Waals surface area contributed by atoms with Crippen molar-refractivity contribution < 1.29 is 9.53 Å². The summed E-state index contributed by atoms with van der Waals surface area (Å²) in [4.78, 5) is 35.6. The van der Waals surface area contributed by atoms with Crippen LogP contribution in [0, 0.1) is 6.92 Å². The molecule has 4 aromatic rings. The van der Waals surface area contributed by atoms with Crippen molar-refractivity contribution in [2.24, 2.45) is 7.05 Å². The van der Waals surface area contributed by atoms with Crippen LogP contribution in [0.3, 0.4) is 0 Å². The number of piperazine rings is 1. The zero-order valence-electron chi connectivity index (χ0n) is 22.2. The smallest absolute Gasteiger partial charge is 0.256 e. The molecule has 0 radical (unpaired) electrons. The van der Waals surface area contributed by atoms with Gasteiger partial charge in [0.25, 0.3) is 5.88 Å². The van der Waals surface area contributed by atoms with Crippen molar-refractivity contribution in [3.05, 3.63) is 24.3 Å². The van der Waals surface area contributed by atoms with Gasteiger partial charge in [0.2, 0.25) is 11.9 Å². The molecule has 14 nitrogen and oxygen atoms in total. The van der Waals surface area contributed by atoms with Crippen LogP contribution < -0.4 is 15.4 Å². The van der Waals surface area contributed by atoms with Crippen LogP contribution in [0.2, 0.25) is 0 Å². The summed E-state index contributed by atoms with van der Waals surface area (Å²) in [6.45, 7) is 7.50. The lowest BCUT2D eigenvalue weighted by molar-refractivity contribution is -0.122. The van der Waals surface area contributed by atoms with Crippen molar-refractivity contribution >= 4 is 34.4 Å². The summed E-state index contributed by atoms with van der Waals surface area (Å²) in [5.41, 5.74) is 3.66. The summed E-state index contributed by atoms with van der Waals surface area (Å²) in [5.74, 6) is 1.08. The Kier molecular flexibility index (Phi) is 7.15. The SMILES string of the molecule is CCC(C(=O)Nc1ncnc2c(-c3nc(Nc4cn(C)nc4OC)ncc3C)n[nH]c12)N1CCN(C)CC1. The summed E-state index contributed by atoms with van der Waals surface area (Å²) < 4.78 is 6.95. The molecule has 0 bridgehead atoms. The van der Waals surface area contributed by atoms with Crippen LogP contribution in [0.5, 0.6) is 5.88 Å². The fourth-order valence-electron chi connectivity index (χ4n) is 4.61. The highest BCUT2D eigenvalue weighted by molar-refractivity contribution is 6.02. The van der Waals surface area contributed by atoms with Gasteiger partial charge < -0.3 is 20.3 Å². The Morgan fingerprint density at radius 1 is 1.16 bits per heavy atom.